The van der Waals surface area contributed by atoms with E-state index in [1.165, 1.54) is 26.4 Å². The zero-order chi connectivity index (χ0) is 22.9. The molecule has 0 bridgehead atoms. The predicted octanol–water partition coefficient (Wildman–Crippen LogP) is 4.28. The number of nitrogens with zero attached hydrogens (tertiary/aromatic N) is 5. The molecule has 4 aromatic rings. The van der Waals surface area contributed by atoms with Crippen molar-refractivity contribution in [3.05, 3.63) is 54.6 Å². The molecule has 3 heterocycles. The summed E-state index contributed by atoms with van der Waals surface area (Å²) in [5.41, 5.74) is -0.682. The number of Topliss-reactive ketones (excluding diaryl/α,β-unsaturated/α-hetero) is 1. The van der Waals surface area contributed by atoms with Crippen molar-refractivity contribution in [1.82, 2.24) is 24.9 Å². The Hall–Kier alpha value is -4.02. The van der Waals surface area contributed by atoms with Crippen molar-refractivity contribution in [3.8, 4) is 39.7 Å². The van der Waals surface area contributed by atoms with Gasteiger partial charge in [-0.1, -0.05) is 17.3 Å². The number of carbonyl (C=O) groups is 1. The number of rotatable bonds is 6. The Kier molecular flexibility index (Phi) is 5.47. The Morgan fingerprint density at radius 1 is 1.12 bits per heavy atom. The van der Waals surface area contributed by atoms with E-state index in [0.717, 1.165) is 6.20 Å². The molecule has 0 radical (unpaired) electrons. The van der Waals surface area contributed by atoms with Gasteiger partial charge in [0.25, 0.3) is 0 Å². The SMILES string of the molecule is COc1ccccc1-c1noc(-c2cnn(CC(C)=O)c2C(F)(F)F)c1-c1ncccn1. The van der Waals surface area contributed by atoms with Crippen LogP contribution in [0.4, 0.5) is 13.2 Å². The Labute approximate surface area is 179 Å². The topological polar surface area (TPSA) is 95.9 Å². The highest BCUT2D eigenvalue weighted by molar-refractivity contribution is 5.90. The molecular weight excluding hydrogens is 427 g/mol. The van der Waals surface area contributed by atoms with Gasteiger partial charge in [0.05, 0.1) is 31.0 Å². The van der Waals surface area contributed by atoms with Crippen molar-refractivity contribution in [1.29, 1.82) is 0 Å². The summed E-state index contributed by atoms with van der Waals surface area (Å²) in [5.74, 6) is -0.159. The van der Waals surface area contributed by atoms with Gasteiger partial charge in [0, 0.05) is 18.0 Å². The van der Waals surface area contributed by atoms with Crippen LogP contribution in [0.15, 0.2) is 53.4 Å². The number of benzene rings is 1. The summed E-state index contributed by atoms with van der Waals surface area (Å²) in [6.45, 7) is 0.637. The van der Waals surface area contributed by atoms with Gasteiger partial charge in [0.15, 0.2) is 23.1 Å². The van der Waals surface area contributed by atoms with Crippen molar-refractivity contribution >= 4 is 5.78 Å². The number of methoxy groups -OCH3 is 1. The van der Waals surface area contributed by atoms with E-state index in [1.807, 2.05) is 0 Å². The maximum Gasteiger partial charge on any atom is 0.433 e. The Balaban J connectivity index is 2.01. The van der Waals surface area contributed by atoms with Crippen molar-refractivity contribution in [2.75, 3.05) is 7.11 Å². The second-order valence-electron chi connectivity index (χ2n) is 6.77. The summed E-state index contributed by atoms with van der Waals surface area (Å²) in [7, 11) is 1.46. The highest BCUT2D eigenvalue weighted by Gasteiger charge is 2.41. The normalized spacial score (nSPS) is 11.5. The van der Waals surface area contributed by atoms with Crippen molar-refractivity contribution in [2.45, 2.75) is 19.6 Å². The molecule has 0 amide bonds. The lowest BCUT2D eigenvalue weighted by Gasteiger charge is -2.11. The van der Waals surface area contributed by atoms with E-state index in [0.29, 0.717) is 16.0 Å². The van der Waals surface area contributed by atoms with Gasteiger partial charge < -0.3 is 9.26 Å². The third kappa shape index (κ3) is 3.84. The molecule has 3 aromatic heterocycles. The minimum atomic E-state index is -4.81. The number of carbonyl (C=O) groups excluding carboxylic acids is 1. The maximum atomic E-state index is 14.0. The minimum absolute atomic E-state index is 0.108. The minimum Gasteiger partial charge on any atom is -0.496 e. The lowest BCUT2D eigenvalue weighted by molar-refractivity contribution is -0.144. The second kappa shape index (κ2) is 8.25. The molecule has 0 N–H and O–H groups in total. The summed E-state index contributed by atoms with van der Waals surface area (Å²) in [6.07, 6.45) is -0.915. The van der Waals surface area contributed by atoms with Crippen molar-refractivity contribution in [3.63, 3.8) is 0 Å². The molecule has 0 saturated carbocycles. The molecule has 0 aliphatic rings. The van der Waals surface area contributed by atoms with Crippen LogP contribution < -0.4 is 4.74 Å². The molecular formula is C21H16F3N5O3. The fraction of sp³-hybridized carbons (Fsp3) is 0.190. The van der Waals surface area contributed by atoms with E-state index in [2.05, 4.69) is 20.2 Å². The smallest absolute Gasteiger partial charge is 0.433 e. The first-order chi connectivity index (χ1) is 15.3. The molecule has 11 heteroatoms. The van der Waals surface area contributed by atoms with Crippen molar-refractivity contribution in [2.24, 2.45) is 0 Å². The first-order valence-corrected chi connectivity index (χ1v) is 9.34. The average Bonchev–Trinajstić information content (AvgIpc) is 3.38. The van der Waals surface area contributed by atoms with E-state index in [-0.39, 0.29) is 28.4 Å². The summed E-state index contributed by atoms with van der Waals surface area (Å²) in [5, 5.41) is 7.81. The second-order valence-corrected chi connectivity index (χ2v) is 6.77. The number of alkyl halides is 3. The molecule has 0 aliphatic heterocycles. The van der Waals surface area contributed by atoms with Gasteiger partial charge in [-0.15, -0.1) is 0 Å². The van der Waals surface area contributed by atoms with Gasteiger partial charge in [0.1, 0.15) is 11.4 Å². The molecule has 1 aromatic carbocycles. The van der Waals surface area contributed by atoms with E-state index in [4.69, 9.17) is 9.26 Å². The molecule has 4 rings (SSSR count). The third-order valence-electron chi connectivity index (χ3n) is 4.57. The summed E-state index contributed by atoms with van der Waals surface area (Å²) in [6, 6.07) is 8.43. The zero-order valence-electron chi connectivity index (χ0n) is 16.9. The van der Waals surface area contributed by atoms with Crippen LogP contribution in [0, 0.1) is 0 Å². The third-order valence-corrected chi connectivity index (χ3v) is 4.57. The average molecular weight is 443 g/mol. The first-order valence-electron chi connectivity index (χ1n) is 9.34. The number of para-hydroxylation sites is 1. The highest BCUT2D eigenvalue weighted by atomic mass is 19.4. The van der Waals surface area contributed by atoms with Gasteiger partial charge >= 0.3 is 6.18 Å². The molecule has 0 fully saturated rings. The molecule has 0 aliphatic carbocycles. The molecule has 0 spiro atoms. The molecule has 0 atom stereocenters. The molecule has 0 unspecified atom stereocenters. The Bertz CT molecular complexity index is 1270. The number of hydrogen-bond donors (Lipinski definition) is 0. The monoisotopic (exact) mass is 443 g/mol. The van der Waals surface area contributed by atoms with E-state index < -0.39 is 24.2 Å². The number of aromatic nitrogens is 5. The standard InChI is InChI=1S/C21H16F3N5O3/c1-12(30)11-29-19(21(22,23)24)14(10-27-29)18-16(20-25-8-5-9-26-20)17(28-32-18)13-6-3-4-7-15(13)31-2/h3-10H,11H2,1-2H3. The maximum absolute atomic E-state index is 14.0. The van der Waals surface area contributed by atoms with Crippen LogP contribution in [-0.4, -0.2) is 37.8 Å². The summed E-state index contributed by atoms with van der Waals surface area (Å²) in [4.78, 5) is 19.9. The Morgan fingerprint density at radius 2 is 1.84 bits per heavy atom. The molecule has 164 valence electrons. The molecule has 0 saturated heterocycles. The van der Waals surface area contributed by atoms with Crippen LogP contribution in [0.1, 0.15) is 12.6 Å². The highest BCUT2D eigenvalue weighted by Crippen LogP contribution is 2.45. The van der Waals surface area contributed by atoms with E-state index in [9.17, 15) is 18.0 Å². The number of hydrogen-bond acceptors (Lipinski definition) is 7. The Morgan fingerprint density at radius 3 is 2.50 bits per heavy atom. The summed E-state index contributed by atoms with van der Waals surface area (Å²) < 4.78 is 53.3. The fourth-order valence-electron chi connectivity index (χ4n) is 3.32. The molecule has 8 nitrogen and oxygen atoms in total. The predicted molar refractivity (Wildman–Crippen MR) is 106 cm³/mol. The molecule has 32 heavy (non-hydrogen) atoms. The van der Waals surface area contributed by atoms with Gasteiger partial charge in [-0.25, -0.2) is 9.97 Å². The quantitative estimate of drug-likeness (QED) is 0.439. The van der Waals surface area contributed by atoms with Gasteiger partial charge in [0.2, 0.25) is 0 Å². The van der Waals surface area contributed by atoms with Gasteiger partial charge in [-0.3, -0.25) is 9.48 Å². The summed E-state index contributed by atoms with van der Waals surface area (Å²) >= 11 is 0. The van der Waals surface area contributed by atoms with Crippen molar-refractivity contribution < 1.29 is 27.2 Å². The van der Waals surface area contributed by atoms with Crippen LogP contribution in [0.25, 0.3) is 34.0 Å². The van der Waals surface area contributed by atoms with Crippen LogP contribution in [0.3, 0.4) is 0 Å². The van der Waals surface area contributed by atoms with Gasteiger partial charge in [-0.05, 0) is 25.1 Å². The number of ketones is 1. The zero-order valence-corrected chi connectivity index (χ0v) is 16.9. The van der Waals surface area contributed by atoms with Crippen LogP contribution in [-0.2, 0) is 17.5 Å². The van der Waals surface area contributed by atoms with E-state index >= 15 is 0 Å². The van der Waals surface area contributed by atoms with Crippen LogP contribution in [0.2, 0.25) is 0 Å². The van der Waals surface area contributed by atoms with Crippen LogP contribution >= 0.6 is 0 Å². The number of halogens is 3. The lowest BCUT2D eigenvalue weighted by atomic mass is 10.0. The first kappa shape index (κ1) is 21.2. The van der Waals surface area contributed by atoms with E-state index in [1.54, 1.807) is 30.3 Å². The lowest BCUT2D eigenvalue weighted by Crippen LogP contribution is -2.18. The number of ether oxygens (including phenoxy) is 1. The van der Waals surface area contributed by atoms with Crippen LogP contribution in [0.5, 0.6) is 5.75 Å². The van der Waals surface area contributed by atoms with Gasteiger partial charge in [-0.2, -0.15) is 18.3 Å². The fourth-order valence-corrected chi connectivity index (χ4v) is 3.32. The largest absolute Gasteiger partial charge is 0.496 e.